The van der Waals surface area contributed by atoms with Gasteiger partial charge in [0.15, 0.2) is 0 Å². The summed E-state index contributed by atoms with van der Waals surface area (Å²) in [6.45, 7) is 3.30. The predicted octanol–water partition coefficient (Wildman–Crippen LogP) is 2.16. The minimum Gasteiger partial charge on any atom is -0.341 e. The van der Waals surface area contributed by atoms with Crippen molar-refractivity contribution in [1.29, 1.82) is 0 Å². The number of carbonyl (C=O) groups is 1. The van der Waals surface area contributed by atoms with Crippen LogP contribution in [0.5, 0.6) is 0 Å². The molecular weight excluding hydrogens is 331 g/mol. The normalized spacial score (nSPS) is 20.5. The highest BCUT2D eigenvalue weighted by atomic mass is 32.2. The van der Waals surface area contributed by atoms with Gasteiger partial charge >= 0.3 is 0 Å². The first-order chi connectivity index (χ1) is 11.4. The number of nitrogens with zero attached hydrogens (tertiary/aromatic N) is 2. The van der Waals surface area contributed by atoms with Crippen molar-refractivity contribution >= 4 is 15.9 Å². The lowest BCUT2D eigenvalue weighted by molar-refractivity contribution is -0.138. The zero-order chi connectivity index (χ0) is 17.3. The van der Waals surface area contributed by atoms with Crippen LogP contribution in [0.2, 0.25) is 0 Å². The zero-order valence-corrected chi connectivity index (χ0v) is 14.7. The van der Waals surface area contributed by atoms with Gasteiger partial charge in [-0.2, -0.15) is 4.31 Å². The molecule has 1 aromatic rings. The van der Waals surface area contributed by atoms with Crippen molar-refractivity contribution in [3.05, 3.63) is 29.6 Å². The summed E-state index contributed by atoms with van der Waals surface area (Å²) in [6, 6.07) is 3.73. The average Bonchev–Trinajstić information content (AvgIpc) is 2.71. The molecule has 2 aliphatic rings. The number of hydrogen-bond donors (Lipinski definition) is 0. The molecule has 1 aliphatic heterocycles. The molecule has 0 bridgehead atoms. The van der Waals surface area contributed by atoms with E-state index in [1.807, 2.05) is 0 Å². The van der Waals surface area contributed by atoms with E-state index in [2.05, 4.69) is 0 Å². The number of sulfonamides is 1. The molecule has 1 saturated heterocycles. The number of aryl methyl sites for hydroxylation is 1. The van der Waals surface area contributed by atoms with E-state index in [1.165, 1.54) is 22.5 Å². The molecule has 1 amide bonds. The van der Waals surface area contributed by atoms with Crippen LogP contribution in [0.1, 0.15) is 31.2 Å². The van der Waals surface area contributed by atoms with Gasteiger partial charge in [-0.1, -0.05) is 6.42 Å². The maximum absolute atomic E-state index is 13.2. The first-order valence-electron chi connectivity index (χ1n) is 8.44. The summed E-state index contributed by atoms with van der Waals surface area (Å²) in [4.78, 5) is 14.3. The molecule has 132 valence electrons. The number of hydrogen-bond acceptors (Lipinski definition) is 3. The molecule has 24 heavy (non-hydrogen) atoms. The Morgan fingerprint density at radius 3 is 2.50 bits per heavy atom. The highest BCUT2D eigenvalue weighted by Gasteiger charge is 2.33. The molecular formula is C17H23FN2O3S. The Hall–Kier alpha value is -1.47. The lowest BCUT2D eigenvalue weighted by atomic mass is 9.84. The summed E-state index contributed by atoms with van der Waals surface area (Å²) in [6.07, 6.45) is 3.63. The Balaban J connectivity index is 1.73. The van der Waals surface area contributed by atoms with Crippen LogP contribution < -0.4 is 0 Å². The lowest BCUT2D eigenvalue weighted by Gasteiger charge is -2.31. The second-order valence-electron chi connectivity index (χ2n) is 6.62. The van der Waals surface area contributed by atoms with Crippen molar-refractivity contribution < 1.29 is 17.6 Å². The molecule has 2 fully saturated rings. The monoisotopic (exact) mass is 354 g/mol. The standard InChI is InChI=1S/C17H23FN2O3S/c1-13-12-15(18)6-7-16(13)24(22,23)20-9-3-8-19(10-11-20)17(21)14-4-2-5-14/h6-7,12,14H,2-5,8-11H2,1H3. The number of carbonyl (C=O) groups excluding carboxylic acids is 1. The van der Waals surface area contributed by atoms with E-state index < -0.39 is 15.8 Å². The number of rotatable bonds is 3. The van der Waals surface area contributed by atoms with Gasteiger partial charge in [-0.15, -0.1) is 0 Å². The van der Waals surface area contributed by atoms with Crippen LogP contribution in [0.15, 0.2) is 23.1 Å². The van der Waals surface area contributed by atoms with Crippen LogP contribution in [-0.4, -0.2) is 49.7 Å². The quantitative estimate of drug-likeness (QED) is 0.836. The van der Waals surface area contributed by atoms with Gasteiger partial charge in [-0.25, -0.2) is 12.8 Å². The first kappa shape index (κ1) is 17.4. The van der Waals surface area contributed by atoms with E-state index in [0.29, 0.717) is 31.6 Å². The molecule has 0 radical (unpaired) electrons. The molecule has 7 heteroatoms. The number of benzene rings is 1. The fourth-order valence-corrected chi connectivity index (χ4v) is 4.98. The molecule has 3 rings (SSSR count). The summed E-state index contributed by atoms with van der Waals surface area (Å²) in [7, 11) is -3.67. The summed E-state index contributed by atoms with van der Waals surface area (Å²) in [5.41, 5.74) is 0.404. The highest BCUT2D eigenvalue weighted by molar-refractivity contribution is 7.89. The molecule has 0 aromatic heterocycles. The number of amides is 1. The van der Waals surface area contributed by atoms with E-state index in [0.717, 1.165) is 19.3 Å². The zero-order valence-electron chi connectivity index (χ0n) is 13.9. The van der Waals surface area contributed by atoms with E-state index in [1.54, 1.807) is 11.8 Å². The first-order valence-corrected chi connectivity index (χ1v) is 9.88. The van der Waals surface area contributed by atoms with E-state index in [9.17, 15) is 17.6 Å². The maximum Gasteiger partial charge on any atom is 0.243 e. The van der Waals surface area contributed by atoms with Gasteiger partial charge in [0, 0.05) is 32.1 Å². The van der Waals surface area contributed by atoms with Gasteiger partial charge in [0.1, 0.15) is 5.82 Å². The predicted molar refractivity (Wildman–Crippen MR) is 88.4 cm³/mol. The minimum atomic E-state index is -3.67. The second-order valence-corrected chi connectivity index (χ2v) is 8.53. The molecule has 0 N–H and O–H groups in total. The van der Waals surface area contributed by atoms with Crippen LogP contribution in [0, 0.1) is 18.7 Å². The Kier molecular flexibility index (Phi) is 4.92. The summed E-state index contributed by atoms with van der Waals surface area (Å²) in [5, 5.41) is 0. The van der Waals surface area contributed by atoms with Crippen LogP contribution >= 0.6 is 0 Å². The molecule has 1 saturated carbocycles. The van der Waals surface area contributed by atoms with Crippen molar-refractivity contribution in [3.8, 4) is 0 Å². The maximum atomic E-state index is 13.2. The van der Waals surface area contributed by atoms with Crippen LogP contribution in [0.4, 0.5) is 4.39 Å². The molecule has 0 spiro atoms. The van der Waals surface area contributed by atoms with Crippen LogP contribution in [0.25, 0.3) is 0 Å². The smallest absolute Gasteiger partial charge is 0.243 e. The largest absolute Gasteiger partial charge is 0.341 e. The van der Waals surface area contributed by atoms with Gasteiger partial charge in [0.2, 0.25) is 15.9 Å². The van der Waals surface area contributed by atoms with E-state index in [-0.39, 0.29) is 23.3 Å². The molecule has 5 nitrogen and oxygen atoms in total. The topological polar surface area (TPSA) is 57.7 Å². The van der Waals surface area contributed by atoms with Crippen LogP contribution in [0.3, 0.4) is 0 Å². The Bertz CT molecular complexity index is 731. The van der Waals surface area contributed by atoms with Crippen molar-refractivity contribution in [3.63, 3.8) is 0 Å². The molecule has 1 aliphatic carbocycles. The van der Waals surface area contributed by atoms with Crippen molar-refractivity contribution in [2.24, 2.45) is 5.92 Å². The second kappa shape index (κ2) is 6.80. The minimum absolute atomic E-state index is 0.132. The third kappa shape index (κ3) is 3.32. The van der Waals surface area contributed by atoms with Gasteiger partial charge in [0.25, 0.3) is 0 Å². The Morgan fingerprint density at radius 1 is 1.12 bits per heavy atom. The van der Waals surface area contributed by atoms with Gasteiger partial charge in [-0.05, 0) is 49.9 Å². The fraction of sp³-hybridized carbons (Fsp3) is 0.588. The summed E-state index contributed by atoms with van der Waals surface area (Å²) < 4.78 is 40.4. The Morgan fingerprint density at radius 2 is 1.88 bits per heavy atom. The van der Waals surface area contributed by atoms with E-state index in [4.69, 9.17) is 0 Å². The van der Waals surface area contributed by atoms with Gasteiger partial charge in [-0.3, -0.25) is 4.79 Å². The third-order valence-electron chi connectivity index (χ3n) is 4.98. The van der Waals surface area contributed by atoms with Crippen molar-refractivity contribution in [1.82, 2.24) is 9.21 Å². The molecule has 1 heterocycles. The summed E-state index contributed by atoms with van der Waals surface area (Å²) in [5.74, 6) is -0.148. The van der Waals surface area contributed by atoms with Crippen molar-refractivity contribution in [2.75, 3.05) is 26.2 Å². The SMILES string of the molecule is Cc1cc(F)ccc1S(=O)(=O)N1CCCN(C(=O)C2CCC2)CC1. The molecule has 0 atom stereocenters. The van der Waals surface area contributed by atoms with Gasteiger partial charge < -0.3 is 4.90 Å². The lowest BCUT2D eigenvalue weighted by Crippen LogP contribution is -2.41. The van der Waals surface area contributed by atoms with Gasteiger partial charge in [0.05, 0.1) is 4.90 Å². The molecule has 0 unspecified atom stereocenters. The Labute approximate surface area is 142 Å². The number of halogens is 1. The summed E-state index contributed by atoms with van der Waals surface area (Å²) >= 11 is 0. The van der Waals surface area contributed by atoms with Crippen LogP contribution in [-0.2, 0) is 14.8 Å². The van der Waals surface area contributed by atoms with Crippen molar-refractivity contribution in [2.45, 2.75) is 37.5 Å². The third-order valence-corrected chi connectivity index (χ3v) is 7.03. The van der Waals surface area contributed by atoms with E-state index >= 15 is 0 Å². The molecule has 1 aromatic carbocycles. The average molecular weight is 354 g/mol. The highest BCUT2D eigenvalue weighted by Crippen LogP contribution is 2.29. The fourth-order valence-electron chi connectivity index (χ4n) is 3.31.